The molecule has 0 aliphatic rings. The highest BCUT2D eigenvalue weighted by atomic mass is 32.1. The Hall–Kier alpha value is -1.62. The summed E-state index contributed by atoms with van der Waals surface area (Å²) in [5.74, 6) is 1.19. The lowest BCUT2D eigenvalue weighted by Crippen LogP contribution is -2.39. The average molecular weight is 293 g/mol. The van der Waals surface area contributed by atoms with Crippen LogP contribution >= 0.6 is 12.2 Å². The summed E-state index contributed by atoms with van der Waals surface area (Å²) in [5, 5.41) is 11.3. The highest BCUT2D eigenvalue weighted by Crippen LogP contribution is 2.15. The van der Waals surface area contributed by atoms with Gasteiger partial charge in [0.25, 0.3) is 0 Å². The van der Waals surface area contributed by atoms with Crippen molar-refractivity contribution in [3.8, 4) is 5.75 Å². The molecule has 5 heteroatoms. The third-order valence-electron chi connectivity index (χ3n) is 2.87. The van der Waals surface area contributed by atoms with Gasteiger partial charge in [-0.1, -0.05) is 26.1 Å². The molecule has 0 bridgehead atoms. The van der Waals surface area contributed by atoms with Crippen LogP contribution in [-0.2, 0) is 0 Å². The van der Waals surface area contributed by atoms with Crippen LogP contribution in [0.4, 0.5) is 5.69 Å². The Balaban J connectivity index is 2.65. The molecule has 0 aromatic heterocycles. The summed E-state index contributed by atoms with van der Waals surface area (Å²) in [4.78, 5) is 2.47. The van der Waals surface area contributed by atoms with Crippen molar-refractivity contribution in [2.45, 2.75) is 26.7 Å². The van der Waals surface area contributed by atoms with Crippen molar-refractivity contribution in [1.82, 2.24) is 4.90 Å². The van der Waals surface area contributed by atoms with E-state index in [2.05, 4.69) is 19.2 Å². The van der Waals surface area contributed by atoms with E-state index < -0.39 is 0 Å². The van der Waals surface area contributed by atoms with Gasteiger partial charge in [-0.15, -0.1) is 0 Å². The Kier molecular flexibility index (Phi) is 7.01. The van der Waals surface area contributed by atoms with Gasteiger partial charge in [-0.25, -0.2) is 0 Å². The van der Waals surface area contributed by atoms with E-state index >= 15 is 0 Å². The Morgan fingerprint density at radius 2 is 1.75 bits per heavy atom. The quantitative estimate of drug-likeness (QED) is 0.478. The van der Waals surface area contributed by atoms with Crippen LogP contribution in [0.5, 0.6) is 5.75 Å². The molecule has 0 fully saturated rings. The molecule has 2 N–H and O–H groups in total. The van der Waals surface area contributed by atoms with Gasteiger partial charge in [-0.3, -0.25) is 5.41 Å². The molecule has 0 spiro atoms. The zero-order chi connectivity index (χ0) is 15.0. The van der Waals surface area contributed by atoms with E-state index in [1.807, 2.05) is 29.2 Å². The number of methoxy groups -OCH3 is 1. The Bertz CT molecular complexity index is 439. The molecule has 0 aliphatic carbocycles. The van der Waals surface area contributed by atoms with Gasteiger partial charge in [0.1, 0.15) is 10.7 Å². The smallest absolute Gasteiger partial charge is 0.156 e. The predicted molar refractivity (Wildman–Crippen MR) is 89.1 cm³/mol. The highest BCUT2D eigenvalue weighted by Gasteiger charge is 2.13. The van der Waals surface area contributed by atoms with Crippen LogP contribution in [0.15, 0.2) is 24.3 Å². The molecule has 1 rings (SSSR count). The summed E-state index contributed by atoms with van der Waals surface area (Å²) in [6.45, 7) is 5.93. The number of nitrogens with one attached hydrogen (secondary N) is 2. The molecule has 0 radical (unpaired) electrons. The van der Waals surface area contributed by atoms with Crippen molar-refractivity contribution in [3.63, 3.8) is 0 Å². The lowest BCUT2D eigenvalue weighted by Gasteiger charge is -2.24. The first-order valence-electron chi connectivity index (χ1n) is 6.91. The monoisotopic (exact) mass is 293 g/mol. The molecular weight excluding hydrogens is 270 g/mol. The molecule has 1 aromatic carbocycles. The minimum absolute atomic E-state index is 0.388. The van der Waals surface area contributed by atoms with Crippen molar-refractivity contribution < 1.29 is 4.74 Å². The Labute approximate surface area is 126 Å². The topological polar surface area (TPSA) is 48.4 Å². The van der Waals surface area contributed by atoms with Crippen molar-refractivity contribution in [3.05, 3.63) is 24.3 Å². The Morgan fingerprint density at radius 1 is 1.20 bits per heavy atom. The maximum absolute atomic E-state index is 8.18. The summed E-state index contributed by atoms with van der Waals surface area (Å²) in [5.41, 5.74) is 0.869. The van der Waals surface area contributed by atoms with Gasteiger partial charge in [-0.2, -0.15) is 0 Å². The number of hydrogen-bond acceptors (Lipinski definition) is 3. The SMILES string of the molecule is CCCN(CCC)C(=N)C(=S)Nc1ccc(OC)cc1. The van der Waals surface area contributed by atoms with Crippen LogP contribution in [0.25, 0.3) is 0 Å². The molecule has 0 saturated heterocycles. The van der Waals surface area contributed by atoms with E-state index in [9.17, 15) is 0 Å². The number of hydrogen-bond donors (Lipinski definition) is 2. The van der Waals surface area contributed by atoms with Crippen LogP contribution in [0.2, 0.25) is 0 Å². The number of thiocarbonyl (C=S) groups is 1. The minimum atomic E-state index is 0.388. The molecule has 1 aromatic rings. The number of rotatable bonds is 6. The summed E-state index contributed by atoms with van der Waals surface area (Å²) in [6, 6.07) is 7.51. The largest absolute Gasteiger partial charge is 0.497 e. The van der Waals surface area contributed by atoms with Crippen LogP contribution in [-0.4, -0.2) is 35.9 Å². The second-order valence-corrected chi connectivity index (χ2v) is 4.93. The third kappa shape index (κ3) is 4.81. The summed E-state index contributed by atoms with van der Waals surface area (Å²) >= 11 is 5.32. The summed E-state index contributed by atoms with van der Waals surface area (Å²) in [6.07, 6.45) is 2.01. The molecular formula is C15H23N3OS. The van der Waals surface area contributed by atoms with Crippen LogP contribution in [0.1, 0.15) is 26.7 Å². The number of nitrogens with zero attached hydrogens (tertiary/aromatic N) is 1. The van der Waals surface area contributed by atoms with Crippen LogP contribution < -0.4 is 10.1 Å². The molecule has 0 atom stereocenters. The lowest BCUT2D eigenvalue weighted by molar-refractivity contribution is 0.415. The maximum Gasteiger partial charge on any atom is 0.156 e. The minimum Gasteiger partial charge on any atom is -0.497 e. The zero-order valence-corrected chi connectivity index (χ0v) is 13.2. The fourth-order valence-electron chi connectivity index (χ4n) is 1.88. The van der Waals surface area contributed by atoms with Gasteiger partial charge >= 0.3 is 0 Å². The molecule has 0 aliphatic heterocycles. The van der Waals surface area contributed by atoms with E-state index in [0.717, 1.165) is 37.4 Å². The van der Waals surface area contributed by atoms with Gasteiger partial charge < -0.3 is 15.0 Å². The predicted octanol–water partition coefficient (Wildman–Crippen LogP) is 3.53. The van der Waals surface area contributed by atoms with E-state index in [0.29, 0.717) is 10.8 Å². The molecule has 20 heavy (non-hydrogen) atoms. The van der Waals surface area contributed by atoms with Crippen LogP contribution in [0.3, 0.4) is 0 Å². The van der Waals surface area contributed by atoms with Gasteiger partial charge in [0.05, 0.1) is 7.11 Å². The van der Waals surface area contributed by atoms with Gasteiger partial charge in [0, 0.05) is 18.8 Å². The van der Waals surface area contributed by atoms with Gasteiger partial charge in [-0.05, 0) is 37.1 Å². The van der Waals surface area contributed by atoms with E-state index in [-0.39, 0.29) is 0 Å². The van der Waals surface area contributed by atoms with Crippen molar-refractivity contribution in [1.29, 1.82) is 5.41 Å². The maximum atomic E-state index is 8.18. The molecule has 0 amide bonds. The van der Waals surface area contributed by atoms with Gasteiger partial charge in [0.15, 0.2) is 5.84 Å². The zero-order valence-electron chi connectivity index (χ0n) is 12.4. The molecule has 0 saturated carbocycles. The van der Waals surface area contributed by atoms with Crippen molar-refractivity contribution in [2.24, 2.45) is 0 Å². The van der Waals surface area contributed by atoms with Crippen molar-refractivity contribution >= 4 is 28.7 Å². The first-order chi connectivity index (χ1) is 9.62. The Morgan fingerprint density at radius 3 is 2.20 bits per heavy atom. The first kappa shape index (κ1) is 16.4. The average Bonchev–Trinajstić information content (AvgIpc) is 2.47. The van der Waals surface area contributed by atoms with Gasteiger partial charge in [0.2, 0.25) is 0 Å². The van der Waals surface area contributed by atoms with Crippen LogP contribution in [0, 0.1) is 5.41 Å². The molecule has 0 unspecified atom stereocenters. The molecule has 110 valence electrons. The fraction of sp³-hybridized carbons (Fsp3) is 0.467. The number of ether oxygens (including phenoxy) is 1. The van der Waals surface area contributed by atoms with E-state index in [4.69, 9.17) is 22.4 Å². The van der Waals surface area contributed by atoms with E-state index in [1.165, 1.54) is 0 Å². The molecule has 4 nitrogen and oxygen atoms in total. The third-order valence-corrected chi connectivity index (χ3v) is 3.16. The lowest BCUT2D eigenvalue weighted by atomic mass is 10.3. The fourth-order valence-corrected chi connectivity index (χ4v) is 2.13. The number of benzene rings is 1. The van der Waals surface area contributed by atoms with Crippen molar-refractivity contribution in [2.75, 3.05) is 25.5 Å². The molecule has 0 heterocycles. The summed E-state index contributed by atoms with van der Waals surface area (Å²) in [7, 11) is 1.64. The number of anilines is 1. The second-order valence-electron chi connectivity index (χ2n) is 4.52. The normalized spacial score (nSPS) is 9.95. The standard InChI is InChI=1S/C15H23N3OS/c1-4-10-18(11-5-2)14(16)15(20)17-12-6-8-13(19-3)9-7-12/h6-9,16H,4-5,10-11H2,1-3H3,(H,17,20). The highest BCUT2D eigenvalue weighted by molar-refractivity contribution is 7.82. The van der Waals surface area contributed by atoms with E-state index in [1.54, 1.807) is 7.11 Å². The second kappa shape index (κ2) is 8.53. The first-order valence-corrected chi connectivity index (χ1v) is 7.32. The number of amidine groups is 1. The summed E-state index contributed by atoms with van der Waals surface area (Å²) < 4.78 is 5.11.